The number of para-hydroxylation sites is 2. The third-order valence-corrected chi connectivity index (χ3v) is 7.01. The average molecular weight is 470 g/mol. The maximum absolute atomic E-state index is 13.0. The molecule has 34 heavy (non-hydrogen) atoms. The minimum absolute atomic E-state index is 0.00263. The summed E-state index contributed by atoms with van der Waals surface area (Å²) >= 11 is 1.49. The van der Waals surface area contributed by atoms with Gasteiger partial charge in [-0.25, -0.2) is 9.48 Å². The Morgan fingerprint density at radius 1 is 0.971 bits per heavy atom. The highest BCUT2D eigenvalue weighted by molar-refractivity contribution is 8.00. The fourth-order valence-corrected chi connectivity index (χ4v) is 5.33. The Morgan fingerprint density at radius 2 is 1.79 bits per heavy atom. The summed E-state index contributed by atoms with van der Waals surface area (Å²) in [7, 11) is 0. The highest BCUT2D eigenvalue weighted by Crippen LogP contribution is 2.43. The van der Waals surface area contributed by atoms with Crippen LogP contribution in [0.4, 0.5) is 0 Å². The van der Waals surface area contributed by atoms with Crippen LogP contribution in [0, 0.1) is 0 Å². The van der Waals surface area contributed by atoms with Crippen LogP contribution in [-0.2, 0) is 11.3 Å². The average Bonchev–Trinajstić information content (AvgIpc) is 3.61. The third-order valence-electron chi connectivity index (χ3n) is 5.80. The lowest BCUT2D eigenvalue weighted by Crippen LogP contribution is -2.28. The second kappa shape index (κ2) is 8.39. The summed E-state index contributed by atoms with van der Waals surface area (Å²) in [5.41, 5.74) is 2.62. The van der Waals surface area contributed by atoms with Crippen molar-refractivity contribution in [3.8, 4) is 16.8 Å². The molecule has 0 spiro atoms. The van der Waals surface area contributed by atoms with Crippen LogP contribution in [-0.4, -0.2) is 26.3 Å². The first-order valence-electron chi connectivity index (χ1n) is 10.8. The molecule has 0 radical (unpaired) electrons. The molecular formula is C26H19N3O4S. The fraction of sp³-hybridized carbons (Fsp3) is 0.115. The van der Waals surface area contributed by atoms with Gasteiger partial charge in [0.2, 0.25) is 5.91 Å². The summed E-state index contributed by atoms with van der Waals surface area (Å²) in [6, 6.07) is 22.5. The molecule has 1 atom stereocenters. The van der Waals surface area contributed by atoms with Crippen LogP contribution in [0.3, 0.4) is 0 Å². The summed E-state index contributed by atoms with van der Waals surface area (Å²) in [4.78, 5) is 27.6. The zero-order valence-corrected chi connectivity index (χ0v) is 18.8. The van der Waals surface area contributed by atoms with Gasteiger partial charge in [-0.2, -0.15) is 5.10 Å². The number of fused-ring (bicyclic) bond motifs is 1. The van der Waals surface area contributed by atoms with Crippen LogP contribution < -0.4 is 5.63 Å². The lowest BCUT2D eigenvalue weighted by molar-refractivity contribution is -0.128. The molecule has 1 aliphatic heterocycles. The maximum Gasteiger partial charge on any atom is 0.344 e. The van der Waals surface area contributed by atoms with Crippen LogP contribution in [0.2, 0.25) is 0 Å². The molecular weight excluding hydrogens is 450 g/mol. The SMILES string of the molecule is O=C1CS[C@H](c2nn(-c3ccccc3)cc2-c2cc3ccccc3oc2=O)N1Cc1ccco1. The van der Waals surface area contributed by atoms with E-state index >= 15 is 0 Å². The Bertz CT molecular complexity index is 1540. The molecule has 4 heterocycles. The zero-order chi connectivity index (χ0) is 23.1. The number of nitrogens with zero attached hydrogens (tertiary/aromatic N) is 3. The van der Waals surface area contributed by atoms with E-state index in [2.05, 4.69) is 0 Å². The number of amides is 1. The Labute approximate surface area is 198 Å². The molecule has 0 N–H and O–H groups in total. The van der Waals surface area contributed by atoms with Crippen molar-refractivity contribution in [2.24, 2.45) is 0 Å². The van der Waals surface area contributed by atoms with Gasteiger partial charge in [0, 0.05) is 17.1 Å². The first kappa shape index (κ1) is 20.6. The van der Waals surface area contributed by atoms with Crippen LogP contribution in [0.25, 0.3) is 27.8 Å². The Kier molecular flexibility index (Phi) is 5.07. The number of aromatic nitrogens is 2. The summed E-state index contributed by atoms with van der Waals surface area (Å²) in [5.74, 6) is 1.02. The highest BCUT2D eigenvalue weighted by atomic mass is 32.2. The van der Waals surface area contributed by atoms with Crippen LogP contribution in [0.15, 0.2) is 98.9 Å². The molecule has 0 aliphatic carbocycles. The van der Waals surface area contributed by atoms with E-state index in [1.165, 1.54) is 11.8 Å². The molecule has 0 saturated carbocycles. The maximum atomic E-state index is 13.0. The van der Waals surface area contributed by atoms with Crippen molar-refractivity contribution in [3.63, 3.8) is 0 Å². The lowest BCUT2D eigenvalue weighted by atomic mass is 10.1. The first-order valence-corrected chi connectivity index (χ1v) is 11.8. The number of thioether (sulfide) groups is 1. The smallest absolute Gasteiger partial charge is 0.344 e. The normalized spacial score (nSPS) is 15.9. The molecule has 5 aromatic rings. The number of hydrogen-bond donors (Lipinski definition) is 0. The standard InChI is InChI=1S/C26H19N3O4S/c30-23-16-34-25(28(23)14-19-10-6-12-32-19)24-21(15-29(27-24)18-8-2-1-3-9-18)20-13-17-7-4-5-11-22(17)33-26(20)31/h1-13,15,25H,14,16H2/t25-/m1/s1. The topological polar surface area (TPSA) is 81.5 Å². The number of rotatable bonds is 5. The van der Waals surface area contributed by atoms with Gasteiger partial charge >= 0.3 is 5.63 Å². The van der Waals surface area contributed by atoms with Gasteiger partial charge in [-0.1, -0.05) is 36.4 Å². The predicted molar refractivity (Wildman–Crippen MR) is 129 cm³/mol. The van der Waals surface area contributed by atoms with Crippen molar-refractivity contribution >= 4 is 28.6 Å². The fourth-order valence-electron chi connectivity index (χ4n) is 4.16. The van der Waals surface area contributed by atoms with E-state index in [9.17, 15) is 9.59 Å². The van der Waals surface area contributed by atoms with E-state index in [-0.39, 0.29) is 11.3 Å². The van der Waals surface area contributed by atoms with Crippen molar-refractivity contribution in [3.05, 3.63) is 107 Å². The van der Waals surface area contributed by atoms with Crippen molar-refractivity contribution in [1.82, 2.24) is 14.7 Å². The van der Waals surface area contributed by atoms with Gasteiger partial charge in [-0.15, -0.1) is 11.8 Å². The molecule has 0 bridgehead atoms. The van der Waals surface area contributed by atoms with Crippen molar-refractivity contribution < 1.29 is 13.6 Å². The van der Waals surface area contributed by atoms with Gasteiger partial charge in [0.15, 0.2) is 0 Å². The molecule has 7 nitrogen and oxygen atoms in total. The van der Waals surface area contributed by atoms with Crippen molar-refractivity contribution in [2.75, 3.05) is 5.75 Å². The molecule has 1 saturated heterocycles. The summed E-state index contributed by atoms with van der Waals surface area (Å²) < 4.78 is 12.9. The Morgan fingerprint density at radius 3 is 2.62 bits per heavy atom. The lowest BCUT2D eigenvalue weighted by Gasteiger charge is -2.22. The van der Waals surface area contributed by atoms with Gasteiger partial charge in [0.1, 0.15) is 22.4 Å². The number of hydrogen-bond acceptors (Lipinski definition) is 6. The number of carbonyl (C=O) groups excluding carboxylic acids is 1. The predicted octanol–water partition coefficient (Wildman–Crippen LogP) is 5.01. The highest BCUT2D eigenvalue weighted by Gasteiger charge is 2.37. The number of furan rings is 1. The minimum atomic E-state index is -0.445. The van der Waals surface area contributed by atoms with E-state index in [0.29, 0.717) is 40.5 Å². The molecule has 168 valence electrons. The van der Waals surface area contributed by atoms with Crippen LogP contribution in [0.1, 0.15) is 16.8 Å². The van der Waals surface area contributed by atoms with Gasteiger partial charge < -0.3 is 13.7 Å². The second-order valence-corrected chi connectivity index (χ2v) is 9.03. The molecule has 3 aromatic heterocycles. The first-order chi connectivity index (χ1) is 16.7. The van der Waals surface area contributed by atoms with Crippen LogP contribution >= 0.6 is 11.8 Å². The third kappa shape index (κ3) is 3.62. The van der Waals surface area contributed by atoms with E-state index in [1.54, 1.807) is 28.0 Å². The second-order valence-electron chi connectivity index (χ2n) is 7.96. The van der Waals surface area contributed by atoms with Gasteiger partial charge in [0.05, 0.1) is 29.8 Å². The number of benzene rings is 2. The molecule has 2 aromatic carbocycles. The molecule has 1 aliphatic rings. The Hall–Kier alpha value is -4.04. The van der Waals surface area contributed by atoms with Crippen molar-refractivity contribution in [1.29, 1.82) is 0 Å². The van der Waals surface area contributed by atoms with E-state index < -0.39 is 5.63 Å². The van der Waals surface area contributed by atoms with E-state index in [4.69, 9.17) is 13.9 Å². The van der Waals surface area contributed by atoms with Gasteiger partial charge in [0.25, 0.3) is 0 Å². The Balaban J connectivity index is 1.52. The number of carbonyl (C=O) groups is 1. The van der Waals surface area contributed by atoms with Crippen LogP contribution in [0.5, 0.6) is 0 Å². The zero-order valence-electron chi connectivity index (χ0n) is 18.0. The van der Waals surface area contributed by atoms with Gasteiger partial charge in [-0.3, -0.25) is 4.79 Å². The minimum Gasteiger partial charge on any atom is -0.467 e. The molecule has 1 fully saturated rings. The summed E-state index contributed by atoms with van der Waals surface area (Å²) in [5, 5.41) is 5.31. The summed E-state index contributed by atoms with van der Waals surface area (Å²) in [6.45, 7) is 0.327. The van der Waals surface area contributed by atoms with E-state index in [1.807, 2.05) is 66.9 Å². The molecule has 8 heteroatoms. The van der Waals surface area contributed by atoms with Crippen molar-refractivity contribution in [2.45, 2.75) is 11.9 Å². The quantitative estimate of drug-likeness (QED) is 0.337. The monoisotopic (exact) mass is 469 g/mol. The largest absolute Gasteiger partial charge is 0.467 e. The molecule has 1 amide bonds. The van der Waals surface area contributed by atoms with Gasteiger partial charge in [-0.05, 0) is 36.4 Å². The molecule has 6 rings (SSSR count). The van der Waals surface area contributed by atoms with E-state index in [0.717, 1.165) is 11.1 Å². The summed E-state index contributed by atoms with van der Waals surface area (Å²) in [6.07, 6.45) is 3.42. The molecule has 0 unspecified atom stereocenters.